The van der Waals surface area contributed by atoms with E-state index in [9.17, 15) is 13.2 Å². The first-order valence-corrected chi connectivity index (χ1v) is 9.06. The maximum Gasteiger partial charge on any atom is 0.235 e. The number of rotatable bonds is 5. The summed E-state index contributed by atoms with van der Waals surface area (Å²) in [5.74, 6) is -0.295. The first-order valence-electron chi connectivity index (χ1n) is 7.45. The highest BCUT2D eigenvalue weighted by molar-refractivity contribution is 7.89. The van der Waals surface area contributed by atoms with Crippen molar-refractivity contribution in [2.24, 2.45) is 0 Å². The Hall–Kier alpha value is -1.31. The molecule has 23 heavy (non-hydrogen) atoms. The molecule has 1 aromatic carbocycles. The van der Waals surface area contributed by atoms with E-state index in [0.717, 1.165) is 40.4 Å². The number of hydrogen-bond donors (Lipinski definition) is 2. The van der Waals surface area contributed by atoms with Crippen molar-refractivity contribution in [1.82, 2.24) is 9.62 Å². The Balaban J connectivity index is 0.00000264. The van der Waals surface area contributed by atoms with Crippen molar-refractivity contribution in [3.63, 3.8) is 0 Å². The summed E-state index contributed by atoms with van der Waals surface area (Å²) in [7, 11) is -1.92. The van der Waals surface area contributed by atoms with Crippen LogP contribution in [0.1, 0.15) is 36.9 Å². The van der Waals surface area contributed by atoms with Gasteiger partial charge in [0.05, 0.1) is 18.3 Å². The van der Waals surface area contributed by atoms with Crippen LogP contribution in [0.4, 0.5) is 5.69 Å². The molecule has 2 rings (SSSR count). The third-order valence-corrected chi connectivity index (χ3v) is 5.83. The van der Waals surface area contributed by atoms with Gasteiger partial charge in [0.15, 0.2) is 0 Å². The lowest BCUT2D eigenvalue weighted by Crippen LogP contribution is -2.41. The molecule has 1 unspecified atom stereocenters. The molecule has 1 aromatic rings. The third kappa shape index (κ3) is 4.83. The van der Waals surface area contributed by atoms with Gasteiger partial charge in [0.2, 0.25) is 15.9 Å². The molecule has 1 aliphatic rings. The summed E-state index contributed by atoms with van der Waals surface area (Å²) in [6.45, 7) is 1.41. The SMILES string of the molecule is CCS(=O)(=O)N(C)CC(=O)NC1CCCc2cc(N)ccc21.Cl. The second-order valence-corrected chi connectivity index (χ2v) is 7.99. The van der Waals surface area contributed by atoms with E-state index in [1.807, 2.05) is 18.2 Å². The molecule has 0 heterocycles. The van der Waals surface area contributed by atoms with Gasteiger partial charge in [0, 0.05) is 12.7 Å². The molecule has 1 atom stereocenters. The number of nitrogens with one attached hydrogen (secondary N) is 1. The fraction of sp³-hybridized carbons (Fsp3) is 0.533. The average molecular weight is 362 g/mol. The van der Waals surface area contributed by atoms with E-state index in [1.165, 1.54) is 7.05 Å². The maximum atomic E-state index is 12.1. The molecular weight excluding hydrogens is 338 g/mol. The van der Waals surface area contributed by atoms with Gasteiger partial charge in [-0.25, -0.2) is 8.42 Å². The summed E-state index contributed by atoms with van der Waals surface area (Å²) in [5, 5.41) is 2.94. The van der Waals surface area contributed by atoms with E-state index < -0.39 is 10.0 Å². The van der Waals surface area contributed by atoms with Crippen LogP contribution in [-0.2, 0) is 21.2 Å². The lowest BCUT2D eigenvalue weighted by molar-refractivity contribution is -0.122. The zero-order chi connectivity index (χ0) is 16.3. The Labute approximate surface area is 143 Å². The van der Waals surface area contributed by atoms with Crippen LogP contribution in [-0.4, -0.2) is 38.0 Å². The number of carbonyl (C=O) groups is 1. The number of carbonyl (C=O) groups excluding carboxylic acids is 1. The zero-order valence-electron chi connectivity index (χ0n) is 13.4. The van der Waals surface area contributed by atoms with Gasteiger partial charge in [-0.05, 0) is 49.4 Å². The van der Waals surface area contributed by atoms with Crippen LogP contribution in [0, 0.1) is 0 Å². The zero-order valence-corrected chi connectivity index (χ0v) is 15.0. The van der Waals surface area contributed by atoms with Gasteiger partial charge in [0.25, 0.3) is 0 Å². The summed E-state index contributed by atoms with van der Waals surface area (Å²) in [4.78, 5) is 12.1. The molecule has 8 heteroatoms. The molecule has 0 radical (unpaired) electrons. The molecule has 0 bridgehead atoms. The molecule has 0 aliphatic heterocycles. The maximum absolute atomic E-state index is 12.1. The van der Waals surface area contributed by atoms with Crippen molar-refractivity contribution >= 4 is 34.0 Å². The van der Waals surface area contributed by atoms with Crippen molar-refractivity contribution in [3.8, 4) is 0 Å². The van der Waals surface area contributed by atoms with E-state index in [-0.39, 0.29) is 36.7 Å². The molecule has 1 amide bonds. The molecule has 0 aromatic heterocycles. The molecular formula is C15H24ClN3O3S. The summed E-state index contributed by atoms with van der Waals surface area (Å²) in [5.41, 5.74) is 8.76. The fourth-order valence-corrected chi connectivity index (χ4v) is 3.50. The monoisotopic (exact) mass is 361 g/mol. The minimum Gasteiger partial charge on any atom is -0.399 e. The Kier molecular flexibility index (Phi) is 6.85. The van der Waals surface area contributed by atoms with Crippen LogP contribution in [0.5, 0.6) is 0 Å². The minimum absolute atomic E-state index is 0. The summed E-state index contributed by atoms with van der Waals surface area (Å²) in [6, 6.07) is 5.65. The molecule has 3 N–H and O–H groups in total. The van der Waals surface area contributed by atoms with Crippen molar-refractivity contribution in [3.05, 3.63) is 29.3 Å². The number of amides is 1. The van der Waals surface area contributed by atoms with Crippen LogP contribution in [0.3, 0.4) is 0 Å². The predicted octanol–water partition coefficient (Wildman–Crippen LogP) is 1.47. The number of nitrogen functional groups attached to an aromatic ring is 1. The first-order chi connectivity index (χ1) is 10.3. The van der Waals surface area contributed by atoms with E-state index >= 15 is 0 Å². The van der Waals surface area contributed by atoms with Crippen molar-refractivity contribution in [2.45, 2.75) is 32.2 Å². The smallest absolute Gasteiger partial charge is 0.235 e. The minimum atomic E-state index is -3.34. The van der Waals surface area contributed by atoms with E-state index in [2.05, 4.69) is 5.32 Å². The molecule has 0 saturated heterocycles. The highest BCUT2D eigenvalue weighted by Gasteiger charge is 2.24. The van der Waals surface area contributed by atoms with Gasteiger partial charge >= 0.3 is 0 Å². The van der Waals surface area contributed by atoms with E-state index in [1.54, 1.807) is 6.92 Å². The lowest BCUT2D eigenvalue weighted by Gasteiger charge is -2.27. The standard InChI is InChI=1S/C15H23N3O3S.ClH/c1-3-22(20,21)18(2)10-15(19)17-14-6-4-5-11-9-12(16)7-8-13(11)14;/h7-9,14H,3-6,10,16H2,1-2H3,(H,17,19);1H. The van der Waals surface area contributed by atoms with Gasteiger partial charge < -0.3 is 11.1 Å². The number of halogens is 1. The number of anilines is 1. The Bertz CT molecular complexity index is 664. The van der Waals surface area contributed by atoms with Crippen LogP contribution in [0.25, 0.3) is 0 Å². The van der Waals surface area contributed by atoms with Crippen molar-refractivity contribution < 1.29 is 13.2 Å². The first kappa shape index (κ1) is 19.7. The number of nitrogens with two attached hydrogens (primary N) is 1. The Morgan fingerprint density at radius 3 is 2.78 bits per heavy atom. The van der Waals surface area contributed by atoms with Crippen LogP contribution < -0.4 is 11.1 Å². The number of sulfonamides is 1. The van der Waals surface area contributed by atoms with Crippen LogP contribution in [0.15, 0.2) is 18.2 Å². The number of benzene rings is 1. The molecule has 0 spiro atoms. The average Bonchev–Trinajstić information content (AvgIpc) is 2.46. The van der Waals surface area contributed by atoms with Crippen LogP contribution in [0.2, 0.25) is 0 Å². The Morgan fingerprint density at radius 2 is 2.13 bits per heavy atom. The molecule has 1 aliphatic carbocycles. The summed E-state index contributed by atoms with van der Waals surface area (Å²) < 4.78 is 24.5. The van der Waals surface area contributed by atoms with Crippen molar-refractivity contribution in [2.75, 3.05) is 25.1 Å². The molecule has 0 saturated carbocycles. The van der Waals surface area contributed by atoms with Crippen LogP contribution >= 0.6 is 12.4 Å². The van der Waals surface area contributed by atoms with Gasteiger partial charge in [-0.15, -0.1) is 12.4 Å². The van der Waals surface area contributed by atoms with Gasteiger partial charge in [-0.1, -0.05) is 6.07 Å². The highest BCUT2D eigenvalue weighted by atomic mass is 35.5. The Morgan fingerprint density at radius 1 is 1.43 bits per heavy atom. The van der Waals surface area contributed by atoms with Gasteiger partial charge in [0.1, 0.15) is 0 Å². The summed E-state index contributed by atoms with van der Waals surface area (Å²) in [6.07, 6.45) is 2.79. The van der Waals surface area contributed by atoms with E-state index in [4.69, 9.17) is 5.73 Å². The topological polar surface area (TPSA) is 92.5 Å². The van der Waals surface area contributed by atoms with E-state index in [0.29, 0.717) is 0 Å². The fourth-order valence-electron chi connectivity index (χ4n) is 2.75. The number of likely N-dealkylation sites (N-methyl/N-ethyl adjacent to an activating group) is 1. The normalized spacial score (nSPS) is 17.3. The largest absolute Gasteiger partial charge is 0.399 e. The molecule has 6 nitrogen and oxygen atoms in total. The lowest BCUT2D eigenvalue weighted by atomic mass is 9.87. The second-order valence-electron chi connectivity index (χ2n) is 5.63. The number of fused-ring (bicyclic) bond motifs is 1. The highest BCUT2D eigenvalue weighted by Crippen LogP contribution is 2.30. The number of aryl methyl sites for hydroxylation is 1. The van der Waals surface area contributed by atoms with Gasteiger partial charge in [-0.2, -0.15) is 4.31 Å². The quantitative estimate of drug-likeness (QED) is 0.776. The summed E-state index contributed by atoms with van der Waals surface area (Å²) >= 11 is 0. The molecule has 0 fully saturated rings. The number of hydrogen-bond acceptors (Lipinski definition) is 4. The molecule has 130 valence electrons. The van der Waals surface area contributed by atoms with Crippen molar-refractivity contribution in [1.29, 1.82) is 0 Å². The predicted molar refractivity (Wildman–Crippen MR) is 94.0 cm³/mol. The third-order valence-electron chi connectivity index (χ3n) is 4.02. The number of nitrogens with zero attached hydrogens (tertiary/aromatic N) is 1. The van der Waals surface area contributed by atoms with Gasteiger partial charge in [-0.3, -0.25) is 4.79 Å². The second kappa shape index (κ2) is 7.99.